The topological polar surface area (TPSA) is 86.3 Å². The second kappa shape index (κ2) is 15.9. The molecule has 1 aliphatic rings. The molecule has 1 amide bonds. The Morgan fingerprint density at radius 1 is 1.17 bits per heavy atom. The van der Waals surface area contributed by atoms with Crippen LogP contribution in [-0.4, -0.2) is 58.5 Å². The highest BCUT2D eigenvalue weighted by Crippen LogP contribution is 2.39. The van der Waals surface area contributed by atoms with Crippen LogP contribution < -0.4 is 5.73 Å². The van der Waals surface area contributed by atoms with Crippen molar-refractivity contribution in [3.63, 3.8) is 0 Å². The molecule has 222 valence electrons. The maximum atomic E-state index is 14.8. The van der Waals surface area contributed by atoms with E-state index in [4.69, 9.17) is 15.5 Å². The zero-order chi connectivity index (χ0) is 30.6. The molecule has 7 nitrogen and oxygen atoms in total. The molecule has 41 heavy (non-hydrogen) atoms. The molecule has 2 atom stereocenters. The fraction of sp³-hybridized carbons (Fsp3) is 0.452. The molecule has 0 radical (unpaired) electrons. The first kappa shape index (κ1) is 33.5. The maximum absolute atomic E-state index is 14.8. The van der Waals surface area contributed by atoms with Crippen LogP contribution in [0.1, 0.15) is 57.5 Å². The number of rotatable bonds is 9. The van der Waals surface area contributed by atoms with Crippen molar-refractivity contribution in [1.29, 1.82) is 0 Å². The minimum absolute atomic E-state index is 0.0281. The van der Waals surface area contributed by atoms with E-state index in [1.54, 1.807) is 9.58 Å². The molecule has 10 heteroatoms. The first-order valence-corrected chi connectivity index (χ1v) is 13.5. The fourth-order valence-corrected chi connectivity index (χ4v) is 4.79. The Balaban J connectivity index is 0.00000141. The molecule has 0 unspecified atom stereocenters. The molecule has 1 aliphatic heterocycles. The van der Waals surface area contributed by atoms with Gasteiger partial charge in [-0.15, -0.1) is 12.8 Å². The summed E-state index contributed by atoms with van der Waals surface area (Å²) in [5.74, 6) is -0.743. The first-order chi connectivity index (χ1) is 19.7. The van der Waals surface area contributed by atoms with Gasteiger partial charge in [0.2, 0.25) is 0 Å². The lowest BCUT2D eigenvalue weighted by Gasteiger charge is -2.40. The molecule has 0 saturated carbocycles. The van der Waals surface area contributed by atoms with Crippen LogP contribution in [0.2, 0.25) is 0 Å². The molecule has 4 rings (SSSR count). The molecule has 0 spiro atoms. The lowest BCUT2D eigenvalue weighted by molar-refractivity contribution is -0.146. The standard InChI is InChI=1S/C28H35F2N5O2.C2H2.CH3F/c1-28(2,3)24(34(15-8-14-31)27(36)23-11-7-16-37-23)26-32-25(21-17-20(29)12-13-22(21)30)33-35(26)18-19-9-5-4-6-10-19;2*1-2/h4-6,9-10,12-13,17,23-24H,7-8,11,14-16,18,31H2,1-3H3;1-2H;1H3/t23-,24+;;/m1../s1. The van der Waals surface area contributed by atoms with Crippen LogP contribution in [0.3, 0.4) is 0 Å². The number of ether oxygens (including phenoxy) is 1. The number of hydrogen-bond acceptors (Lipinski definition) is 5. The Bertz CT molecular complexity index is 1250. The van der Waals surface area contributed by atoms with Crippen molar-refractivity contribution in [2.75, 3.05) is 26.9 Å². The third-order valence-corrected chi connectivity index (χ3v) is 6.51. The number of amides is 1. The molecule has 0 bridgehead atoms. The number of halogens is 3. The van der Waals surface area contributed by atoms with Gasteiger partial charge in [-0.1, -0.05) is 51.1 Å². The molecule has 2 N–H and O–H groups in total. The van der Waals surface area contributed by atoms with Gasteiger partial charge in [-0.25, -0.2) is 18.4 Å². The summed E-state index contributed by atoms with van der Waals surface area (Å²) in [6, 6.07) is 12.4. The molecule has 3 aromatic rings. The van der Waals surface area contributed by atoms with Gasteiger partial charge < -0.3 is 15.4 Å². The van der Waals surface area contributed by atoms with Gasteiger partial charge in [0.1, 0.15) is 17.7 Å². The van der Waals surface area contributed by atoms with Crippen molar-refractivity contribution in [2.45, 2.75) is 58.7 Å². The van der Waals surface area contributed by atoms with Crippen molar-refractivity contribution in [3.8, 4) is 24.2 Å². The van der Waals surface area contributed by atoms with Crippen LogP contribution in [0.25, 0.3) is 11.4 Å². The fourth-order valence-electron chi connectivity index (χ4n) is 4.79. The predicted molar refractivity (Wildman–Crippen MR) is 154 cm³/mol. The molecule has 0 aliphatic carbocycles. The van der Waals surface area contributed by atoms with Crippen LogP contribution in [0.4, 0.5) is 13.2 Å². The van der Waals surface area contributed by atoms with Gasteiger partial charge in [0.25, 0.3) is 5.91 Å². The number of alkyl halides is 1. The average Bonchev–Trinajstić information content (AvgIpc) is 3.65. The summed E-state index contributed by atoms with van der Waals surface area (Å²) < 4.78 is 45.8. The number of terminal acetylenes is 1. The zero-order valence-corrected chi connectivity index (χ0v) is 24.2. The summed E-state index contributed by atoms with van der Waals surface area (Å²) in [6.07, 6.45) is 9.57. The van der Waals surface area contributed by atoms with Crippen molar-refractivity contribution in [2.24, 2.45) is 11.1 Å². The number of nitrogens with zero attached hydrogens (tertiary/aromatic N) is 4. The van der Waals surface area contributed by atoms with E-state index in [2.05, 4.69) is 17.9 Å². The van der Waals surface area contributed by atoms with E-state index in [0.29, 0.717) is 52.1 Å². The van der Waals surface area contributed by atoms with Gasteiger partial charge in [-0.05, 0) is 55.0 Å². The Morgan fingerprint density at radius 3 is 2.44 bits per heavy atom. The quantitative estimate of drug-likeness (QED) is 0.341. The summed E-state index contributed by atoms with van der Waals surface area (Å²) >= 11 is 0. The van der Waals surface area contributed by atoms with E-state index >= 15 is 0 Å². The van der Waals surface area contributed by atoms with E-state index < -0.39 is 29.2 Å². The normalized spacial score (nSPS) is 15.2. The summed E-state index contributed by atoms with van der Waals surface area (Å²) in [4.78, 5) is 20.3. The van der Waals surface area contributed by atoms with E-state index in [1.807, 2.05) is 51.1 Å². The van der Waals surface area contributed by atoms with Crippen LogP contribution in [0, 0.1) is 29.9 Å². The molecular weight excluding hydrogens is 531 g/mol. The number of hydrogen-bond donors (Lipinski definition) is 1. The number of carbonyl (C=O) groups is 1. The van der Waals surface area contributed by atoms with Crippen LogP contribution in [0.5, 0.6) is 0 Å². The summed E-state index contributed by atoms with van der Waals surface area (Å²) in [6.45, 7) is 7.82. The SMILES string of the molecule is C#C.CC(C)(C)[C@H](c1nc(-c2cc(F)ccc2F)nn1Cc1ccccc1)N(CCCN)C(=O)[C@H]1CCCO1.CF. The van der Waals surface area contributed by atoms with Crippen molar-refractivity contribution < 1.29 is 22.7 Å². The Morgan fingerprint density at radius 2 is 1.85 bits per heavy atom. The highest BCUT2D eigenvalue weighted by atomic mass is 19.1. The van der Waals surface area contributed by atoms with Crippen molar-refractivity contribution in [3.05, 3.63) is 71.6 Å². The number of carbonyl (C=O) groups excluding carboxylic acids is 1. The summed E-state index contributed by atoms with van der Waals surface area (Å²) in [5, 5.41) is 4.64. The Hall–Kier alpha value is -3.68. The van der Waals surface area contributed by atoms with Gasteiger partial charge >= 0.3 is 0 Å². The van der Waals surface area contributed by atoms with Gasteiger partial charge in [0, 0.05) is 13.2 Å². The van der Waals surface area contributed by atoms with Crippen LogP contribution >= 0.6 is 0 Å². The van der Waals surface area contributed by atoms with E-state index in [1.165, 1.54) is 0 Å². The van der Waals surface area contributed by atoms with Gasteiger partial charge in [-0.3, -0.25) is 9.18 Å². The monoisotopic (exact) mass is 571 g/mol. The molecule has 2 heterocycles. The molecule has 2 aromatic carbocycles. The molecule has 1 fully saturated rings. The lowest BCUT2D eigenvalue weighted by Crippen LogP contribution is -2.47. The highest BCUT2D eigenvalue weighted by molar-refractivity contribution is 5.81. The number of benzene rings is 2. The second-order valence-corrected chi connectivity index (χ2v) is 10.5. The largest absolute Gasteiger partial charge is 0.368 e. The van der Waals surface area contributed by atoms with Crippen LogP contribution in [0.15, 0.2) is 48.5 Å². The van der Waals surface area contributed by atoms with E-state index in [9.17, 15) is 18.0 Å². The number of nitrogens with two attached hydrogens (primary N) is 1. The first-order valence-electron chi connectivity index (χ1n) is 13.5. The van der Waals surface area contributed by atoms with Crippen molar-refractivity contribution in [1.82, 2.24) is 19.7 Å². The van der Waals surface area contributed by atoms with Gasteiger partial charge in [0.15, 0.2) is 11.6 Å². The van der Waals surface area contributed by atoms with E-state index in [-0.39, 0.29) is 17.3 Å². The van der Waals surface area contributed by atoms with E-state index in [0.717, 1.165) is 30.2 Å². The molecular formula is C31H40F3N5O2. The van der Waals surface area contributed by atoms with Gasteiger partial charge in [0.05, 0.1) is 25.3 Å². The molecule has 1 saturated heterocycles. The average molecular weight is 572 g/mol. The summed E-state index contributed by atoms with van der Waals surface area (Å²) in [5.41, 5.74) is 6.31. The Labute approximate surface area is 240 Å². The van der Waals surface area contributed by atoms with Gasteiger partial charge in [-0.2, -0.15) is 5.10 Å². The third kappa shape index (κ3) is 8.65. The third-order valence-electron chi connectivity index (χ3n) is 6.51. The minimum atomic E-state index is -0.618. The number of aromatic nitrogens is 3. The molecule has 1 aromatic heterocycles. The predicted octanol–water partition coefficient (Wildman–Crippen LogP) is 5.55. The second-order valence-electron chi connectivity index (χ2n) is 10.5. The lowest BCUT2D eigenvalue weighted by atomic mass is 9.84. The van der Waals surface area contributed by atoms with Crippen molar-refractivity contribution >= 4 is 5.91 Å². The minimum Gasteiger partial charge on any atom is -0.368 e. The van der Waals surface area contributed by atoms with Crippen LogP contribution in [-0.2, 0) is 16.1 Å². The maximum Gasteiger partial charge on any atom is 0.252 e. The highest BCUT2D eigenvalue weighted by Gasteiger charge is 2.41. The summed E-state index contributed by atoms with van der Waals surface area (Å²) in [7, 11) is 0.500. The smallest absolute Gasteiger partial charge is 0.252 e. The zero-order valence-electron chi connectivity index (χ0n) is 24.2. The Kier molecular flexibility index (Phi) is 13.0.